The lowest BCUT2D eigenvalue weighted by atomic mass is 10.1. The number of nitrogens with one attached hydrogen (secondary N) is 1. The zero-order chi connectivity index (χ0) is 16.3. The first-order valence-electron chi connectivity index (χ1n) is 6.01. The fourth-order valence-corrected chi connectivity index (χ4v) is 1.88. The molecule has 0 saturated heterocycles. The van der Waals surface area contributed by atoms with Crippen molar-refractivity contribution >= 4 is 20.4 Å². The van der Waals surface area contributed by atoms with Crippen LogP contribution in [0.25, 0.3) is 0 Å². The molecule has 0 spiro atoms. The zero-order valence-corrected chi connectivity index (χ0v) is 12.7. The number of pyridine rings is 1. The number of phosphoric ester groups is 1. The molecule has 1 aromatic heterocycles. The highest BCUT2D eigenvalue weighted by atomic mass is 31.2. The molecule has 22 heavy (non-hydrogen) atoms. The Kier molecular flexibility index (Phi) is 4.74. The van der Waals surface area contributed by atoms with E-state index >= 15 is 0 Å². The van der Waals surface area contributed by atoms with Crippen molar-refractivity contribution in [3.63, 3.8) is 0 Å². The molecular formula is C10H15N6O5P. The number of rotatable bonds is 5. The average Bonchev–Trinajstić information content (AvgIpc) is 2.83. The molecule has 0 saturated carbocycles. The first-order chi connectivity index (χ1) is 10.3. The summed E-state index contributed by atoms with van der Waals surface area (Å²) in [6.45, 7) is 1.17. The smallest absolute Gasteiger partial charge is 0.469 e. The minimum Gasteiger partial charge on any atom is -0.505 e. The summed E-state index contributed by atoms with van der Waals surface area (Å²) in [4.78, 5) is 21.5. The molecular weight excluding hydrogens is 315 g/mol. The van der Waals surface area contributed by atoms with Crippen LogP contribution in [0.3, 0.4) is 0 Å². The predicted molar refractivity (Wildman–Crippen MR) is 76.3 cm³/mol. The van der Waals surface area contributed by atoms with Gasteiger partial charge in [0.1, 0.15) is 5.75 Å². The summed E-state index contributed by atoms with van der Waals surface area (Å²) >= 11 is 0. The molecule has 2 rings (SSSR count). The van der Waals surface area contributed by atoms with Crippen molar-refractivity contribution in [1.82, 2.24) is 20.8 Å². The summed E-state index contributed by atoms with van der Waals surface area (Å²) in [7, 11) is -2.96. The van der Waals surface area contributed by atoms with E-state index in [1.54, 1.807) is 14.0 Å². The maximum absolute atomic E-state index is 10.8. The van der Waals surface area contributed by atoms with E-state index in [1.807, 2.05) is 0 Å². The van der Waals surface area contributed by atoms with E-state index in [-0.39, 0.29) is 16.9 Å². The van der Waals surface area contributed by atoms with Gasteiger partial charge in [-0.1, -0.05) is 5.12 Å². The molecule has 0 aromatic carbocycles. The van der Waals surface area contributed by atoms with Gasteiger partial charge in [-0.15, -0.1) is 5.10 Å². The Bertz CT molecular complexity index is 659. The van der Waals surface area contributed by atoms with Crippen molar-refractivity contribution < 1.29 is 24.0 Å². The van der Waals surface area contributed by atoms with Gasteiger partial charge < -0.3 is 14.9 Å². The molecule has 0 radical (unpaired) electrons. The molecule has 0 unspecified atom stereocenters. The Morgan fingerprint density at radius 3 is 2.86 bits per heavy atom. The Hall–Kier alpha value is -2.04. The van der Waals surface area contributed by atoms with E-state index in [2.05, 4.69) is 25.2 Å². The molecule has 2 heterocycles. The highest BCUT2D eigenvalue weighted by Gasteiger charge is 2.18. The van der Waals surface area contributed by atoms with Crippen LogP contribution < -0.4 is 5.53 Å². The van der Waals surface area contributed by atoms with Gasteiger partial charge in [0, 0.05) is 24.4 Å². The molecule has 0 atom stereocenters. The largest absolute Gasteiger partial charge is 0.505 e. The standard InChI is InChI=1S/C10H15N6O5P/c1-7-10(17)9(4-13-16-6-12-14-15(16)2)8(3-11-7)5-21-22(18,19)20/h3-4,6,14,17H,5H2,1-2H3,(H2,18,19,20). The molecule has 120 valence electrons. The quantitative estimate of drug-likeness (QED) is 0.420. The van der Waals surface area contributed by atoms with E-state index in [1.165, 1.54) is 29.0 Å². The SMILES string of the molecule is Cc1ncc(COP(=O)(O)O)c(C=NN2C=NNN2C)c1O. The van der Waals surface area contributed by atoms with Gasteiger partial charge in [0.05, 0.1) is 18.5 Å². The van der Waals surface area contributed by atoms with Gasteiger partial charge in [0.15, 0.2) is 6.34 Å². The van der Waals surface area contributed by atoms with Crippen LogP contribution in [-0.2, 0) is 15.7 Å². The van der Waals surface area contributed by atoms with Crippen molar-refractivity contribution in [2.45, 2.75) is 13.5 Å². The molecule has 11 nitrogen and oxygen atoms in total. The normalized spacial score (nSPS) is 15.7. The summed E-state index contributed by atoms with van der Waals surface area (Å²) in [5.41, 5.74) is 3.48. The van der Waals surface area contributed by atoms with Crippen LogP contribution in [-0.4, -0.2) is 49.7 Å². The predicted octanol–water partition coefficient (Wildman–Crippen LogP) is -0.351. The Balaban J connectivity index is 2.27. The fourth-order valence-electron chi connectivity index (χ4n) is 1.57. The van der Waals surface area contributed by atoms with Gasteiger partial charge in [-0.25, -0.2) is 10.1 Å². The van der Waals surface area contributed by atoms with Crippen molar-refractivity contribution in [1.29, 1.82) is 0 Å². The van der Waals surface area contributed by atoms with Crippen LogP contribution in [0.2, 0.25) is 0 Å². The second-order valence-electron chi connectivity index (χ2n) is 4.33. The van der Waals surface area contributed by atoms with Gasteiger partial charge in [0.2, 0.25) is 0 Å². The van der Waals surface area contributed by atoms with Gasteiger partial charge in [-0.3, -0.25) is 9.51 Å². The number of phosphoric acid groups is 1. The van der Waals surface area contributed by atoms with E-state index in [0.717, 1.165) is 0 Å². The second-order valence-corrected chi connectivity index (χ2v) is 5.57. The van der Waals surface area contributed by atoms with Crippen molar-refractivity contribution in [2.75, 3.05) is 7.05 Å². The topological polar surface area (TPSA) is 143 Å². The average molecular weight is 330 g/mol. The van der Waals surface area contributed by atoms with Crippen LogP contribution in [0.15, 0.2) is 16.4 Å². The number of aromatic nitrogens is 1. The summed E-state index contributed by atoms with van der Waals surface area (Å²) in [5.74, 6) is -0.151. The monoisotopic (exact) mass is 330 g/mol. The van der Waals surface area contributed by atoms with Crippen LogP contribution in [0.1, 0.15) is 16.8 Å². The third-order valence-corrected chi connectivity index (χ3v) is 3.19. The van der Waals surface area contributed by atoms with Gasteiger partial charge in [0.25, 0.3) is 0 Å². The number of aryl methyl sites for hydroxylation is 1. The number of aromatic hydroxyl groups is 1. The van der Waals surface area contributed by atoms with Crippen LogP contribution in [0.4, 0.5) is 0 Å². The van der Waals surface area contributed by atoms with Crippen LogP contribution in [0.5, 0.6) is 5.75 Å². The lowest BCUT2D eigenvalue weighted by Gasteiger charge is -2.16. The maximum Gasteiger partial charge on any atom is 0.469 e. The van der Waals surface area contributed by atoms with Crippen molar-refractivity contribution in [3.8, 4) is 5.75 Å². The zero-order valence-electron chi connectivity index (χ0n) is 11.8. The third-order valence-electron chi connectivity index (χ3n) is 2.72. The van der Waals surface area contributed by atoms with Crippen molar-refractivity contribution in [2.24, 2.45) is 10.2 Å². The lowest BCUT2D eigenvalue weighted by molar-refractivity contribution is 0.0546. The minimum atomic E-state index is -4.63. The molecule has 1 aromatic rings. The summed E-state index contributed by atoms with van der Waals surface area (Å²) in [6, 6.07) is 0. The first kappa shape index (κ1) is 16.3. The molecule has 0 bridgehead atoms. The Labute approximate surface area is 125 Å². The van der Waals surface area contributed by atoms with Crippen LogP contribution in [0, 0.1) is 6.92 Å². The fraction of sp³-hybridized carbons (Fsp3) is 0.300. The highest BCUT2D eigenvalue weighted by molar-refractivity contribution is 7.46. The molecule has 0 amide bonds. The molecule has 1 aliphatic rings. The van der Waals surface area contributed by atoms with Gasteiger partial charge in [-0.05, 0) is 6.92 Å². The molecule has 12 heteroatoms. The Morgan fingerprint density at radius 2 is 2.27 bits per heavy atom. The van der Waals surface area contributed by atoms with E-state index in [0.29, 0.717) is 5.69 Å². The summed E-state index contributed by atoms with van der Waals surface area (Å²) < 4.78 is 15.2. The molecule has 0 aliphatic carbocycles. The Morgan fingerprint density at radius 1 is 1.55 bits per heavy atom. The van der Waals surface area contributed by atoms with Gasteiger partial charge >= 0.3 is 7.82 Å². The molecule has 1 aliphatic heterocycles. The minimum absolute atomic E-state index is 0.151. The highest BCUT2D eigenvalue weighted by Crippen LogP contribution is 2.37. The number of hydrogen-bond donors (Lipinski definition) is 4. The van der Waals surface area contributed by atoms with Crippen LogP contribution >= 0.6 is 7.82 Å². The third kappa shape index (κ3) is 4.00. The summed E-state index contributed by atoms with van der Waals surface area (Å²) in [6.07, 6.45) is 4.07. The van der Waals surface area contributed by atoms with Gasteiger partial charge in [-0.2, -0.15) is 10.2 Å². The molecule has 4 N–H and O–H groups in total. The number of hydrazine groups is 2. The second kappa shape index (κ2) is 6.38. The lowest BCUT2D eigenvalue weighted by Crippen LogP contribution is -2.35. The van der Waals surface area contributed by atoms with E-state index in [9.17, 15) is 9.67 Å². The summed E-state index contributed by atoms with van der Waals surface area (Å²) in [5, 5.41) is 20.7. The number of hydrazone groups is 2. The van der Waals surface area contributed by atoms with Crippen molar-refractivity contribution in [3.05, 3.63) is 23.0 Å². The number of hydrogen-bond acceptors (Lipinski definition) is 9. The first-order valence-corrected chi connectivity index (χ1v) is 7.54. The van der Waals surface area contributed by atoms with E-state index < -0.39 is 14.4 Å². The molecule has 0 fully saturated rings. The maximum atomic E-state index is 10.8. The number of nitrogens with zero attached hydrogens (tertiary/aromatic N) is 5. The van der Waals surface area contributed by atoms with E-state index in [4.69, 9.17) is 9.79 Å².